The van der Waals surface area contributed by atoms with Crippen LogP contribution in [0.5, 0.6) is 0 Å². The van der Waals surface area contributed by atoms with Crippen LogP contribution in [-0.4, -0.2) is 37.2 Å². The van der Waals surface area contributed by atoms with Crippen LogP contribution in [0.4, 0.5) is 0 Å². The molecular formula is C11H12BrClN2O2. The number of nitrogens with one attached hydrogen (secondary N) is 1. The summed E-state index contributed by atoms with van der Waals surface area (Å²) < 4.78 is 5.99. The van der Waals surface area contributed by atoms with E-state index in [0.717, 1.165) is 4.47 Å². The van der Waals surface area contributed by atoms with Gasteiger partial charge in [-0.25, -0.2) is 5.01 Å². The first-order valence-corrected chi connectivity index (χ1v) is 6.42. The fourth-order valence-electron chi connectivity index (χ4n) is 1.57. The molecule has 17 heavy (non-hydrogen) atoms. The van der Waals surface area contributed by atoms with Crippen molar-refractivity contribution in [2.45, 2.75) is 0 Å². The first kappa shape index (κ1) is 12.8. The van der Waals surface area contributed by atoms with Crippen molar-refractivity contribution >= 4 is 33.4 Å². The maximum Gasteiger partial charge on any atom is 0.265 e. The van der Waals surface area contributed by atoms with E-state index < -0.39 is 0 Å². The minimum absolute atomic E-state index is 0.157. The Hall–Kier alpha value is -0.620. The third kappa shape index (κ3) is 3.67. The molecule has 0 atom stereocenters. The zero-order valence-corrected chi connectivity index (χ0v) is 11.4. The van der Waals surface area contributed by atoms with E-state index in [2.05, 4.69) is 21.4 Å². The third-order valence-electron chi connectivity index (χ3n) is 2.40. The highest BCUT2D eigenvalue weighted by Crippen LogP contribution is 2.19. The normalized spacial score (nSPS) is 16.8. The summed E-state index contributed by atoms with van der Waals surface area (Å²) >= 11 is 9.20. The van der Waals surface area contributed by atoms with E-state index in [1.165, 1.54) is 0 Å². The topological polar surface area (TPSA) is 41.6 Å². The summed E-state index contributed by atoms with van der Waals surface area (Å²) in [4.78, 5) is 11.9. The summed E-state index contributed by atoms with van der Waals surface area (Å²) in [6.07, 6.45) is 0. The van der Waals surface area contributed by atoms with Crippen molar-refractivity contribution in [1.29, 1.82) is 0 Å². The Kier molecular flexibility index (Phi) is 4.39. The average molecular weight is 320 g/mol. The fourth-order valence-corrected chi connectivity index (χ4v) is 2.43. The van der Waals surface area contributed by atoms with E-state index in [9.17, 15) is 4.79 Å². The molecule has 1 aromatic rings. The zero-order valence-electron chi connectivity index (χ0n) is 9.08. The Labute approximate surface area is 113 Å². The van der Waals surface area contributed by atoms with Gasteiger partial charge in [0, 0.05) is 28.1 Å². The summed E-state index contributed by atoms with van der Waals surface area (Å²) in [6, 6.07) is 5.12. The molecule has 1 fully saturated rings. The van der Waals surface area contributed by atoms with Gasteiger partial charge in [-0.15, -0.1) is 0 Å². The monoisotopic (exact) mass is 318 g/mol. The Morgan fingerprint density at radius 2 is 2.06 bits per heavy atom. The Bertz CT molecular complexity index is 402. The van der Waals surface area contributed by atoms with Crippen LogP contribution in [0.3, 0.4) is 0 Å². The smallest absolute Gasteiger partial charge is 0.265 e. The highest BCUT2D eigenvalue weighted by atomic mass is 79.9. The Morgan fingerprint density at radius 1 is 1.35 bits per heavy atom. The number of hydrazine groups is 1. The second kappa shape index (κ2) is 5.82. The average Bonchev–Trinajstić information content (AvgIpc) is 2.29. The molecular weight excluding hydrogens is 307 g/mol. The molecule has 0 aromatic heterocycles. The predicted octanol–water partition coefficient (Wildman–Crippen LogP) is 2.08. The number of morpholine rings is 1. The lowest BCUT2D eigenvalue weighted by Crippen LogP contribution is -2.48. The number of benzene rings is 1. The molecule has 1 aliphatic heterocycles. The number of nitrogens with zero attached hydrogens (tertiary/aromatic N) is 1. The third-order valence-corrected chi connectivity index (χ3v) is 3.07. The van der Waals surface area contributed by atoms with Crippen molar-refractivity contribution < 1.29 is 9.53 Å². The number of ether oxygens (including phenoxy) is 1. The van der Waals surface area contributed by atoms with E-state index in [4.69, 9.17) is 16.3 Å². The number of hydrogen-bond acceptors (Lipinski definition) is 3. The lowest BCUT2D eigenvalue weighted by Gasteiger charge is -2.26. The lowest BCUT2D eigenvalue weighted by atomic mass is 10.2. The van der Waals surface area contributed by atoms with Crippen LogP contribution in [0.2, 0.25) is 5.02 Å². The van der Waals surface area contributed by atoms with Crippen LogP contribution in [-0.2, 0) is 4.74 Å². The standard InChI is InChI=1S/C11H12BrClN2O2/c12-9-5-8(6-10(13)7-9)11(16)14-15-1-3-17-4-2-15/h5-7H,1-4H2,(H,14,16). The first-order chi connectivity index (χ1) is 8.15. The van der Waals surface area contributed by atoms with Gasteiger partial charge in [0.25, 0.3) is 5.91 Å². The molecule has 1 heterocycles. The summed E-state index contributed by atoms with van der Waals surface area (Å²) in [6.45, 7) is 2.68. The van der Waals surface area contributed by atoms with Gasteiger partial charge in [0.2, 0.25) is 0 Å². The van der Waals surface area contributed by atoms with Gasteiger partial charge in [-0.05, 0) is 18.2 Å². The largest absolute Gasteiger partial charge is 0.379 e. The van der Waals surface area contributed by atoms with E-state index in [0.29, 0.717) is 36.9 Å². The molecule has 1 aliphatic rings. The van der Waals surface area contributed by atoms with E-state index in [1.54, 1.807) is 18.2 Å². The number of rotatable bonds is 2. The molecule has 0 saturated carbocycles. The second-order valence-corrected chi connectivity index (χ2v) is 5.05. The molecule has 1 amide bonds. The molecule has 4 nitrogen and oxygen atoms in total. The predicted molar refractivity (Wildman–Crippen MR) is 69.0 cm³/mol. The zero-order chi connectivity index (χ0) is 12.3. The summed E-state index contributed by atoms with van der Waals surface area (Å²) in [5.41, 5.74) is 3.36. The molecule has 1 aromatic carbocycles. The minimum atomic E-state index is -0.157. The number of carbonyl (C=O) groups excluding carboxylic acids is 1. The Balaban J connectivity index is 2.03. The van der Waals surface area contributed by atoms with Crippen LogP contribution in [0.15, 0.2) is 22.7 Å². The van der Waals surface area contributed by atoms with Gasteiger partial charge in [-0.3, -0.25) is 10.2 Å². The molecule has 1 N–H and O–H groups in total. The molecule has 0 aliphatic carbocycles. The van der Waals surface area contributed by atoms with Gasteiger partial charge in [-0.1, -0.05) is 27.5 Å². The van der Waals surface area contributed by atoms with Gasteiger partial charge in [0.1, 0.15) is 0 Å². The van der Waals surface area contributed by atoms with Crippen LogP contribution in [0.1, 0.15) is 10.4 Å². The van der Waals surface area contributed by atoms with E-state index in [-0.39, 0.29) is 5.91 Å². The van der Waals surface area contributed by atoms with Gasteiger partial charge < -0.3 is 4.74 Å². The van der Waals surface area contributed by atoms with E-state index >= 15 is 0 Å². The number of hydrogen-bond donors (Lipinski definition) is 1. The first-order valence-electron chi connectivity index (χ1n) is 5.25. The van der Waals surface area contributed by atoms with Crippen LogP contribution >= 0.6 is 27.5 Å². The molecule has 0 radical (unpaired) electrons. The second-order valence-electron chi connectivity index (χ2n) is 3.70. The van der Waals surface area contributed by atoms with Crippen molar-refractivity contribution in [3.8, 4) is 0 Å². The molecule has 6 heteroatoms. The maximum absolute atomic E-state index is 11.9. The van der Waals surface area contributed by atoms with Crippen molar-refractivity contribution in [2.24, 2.45) is 0 Å². The van der Waals surface area contributed by atoms with Crippen molar-refractivity contribution in [1.82, 2.24) is 10.4 Å². The van der Waals surface area contributed by atoms with Crippen LogP contribution in [0, 0.1) is 0 Å². The summed E-state index contributed by atoms with van der Waals surface area (Å²) in [7, 11) is 0. The maximum atomic E-state index is 11.9. The van der Waals surface area contributed by atoms with Gasteiger partial charge in [0.05, 0.1) is 13.2 Å². The molecule has 1 saturated heterocycles. The highest BCUT2D eigenvalue weighted by molar-refractivity contribution is 9.10. The van der Waals surface area contributed by atoms with Crippen LogP contribution in [0.25, 0.3) is 0 Å². The number of carbonyl (C=O) groups is 1. The van der Waals surface area contributed by atoms with Gasteiger partial charge >= 0.3 is 0 Å². The van der Waals surface area contributed by atoms with Gasteiger partial charge in [-0.2, -0.15) is 0 Å². The molecule has 0 unspecified atom stereocenters. The molecule has 0 bridgehead atoms. The van der Waals surface area contributed by atoms with Crippen LogP contribution < -0.4 is 5.43 Å². The quantitative estimate of drug-likeness (QED) is 0.907. The number of halogens is 2. The van der Waals surface area contributed by atoms with Crippen molar-refractivity contribution in [2.75, 3.05) is 26.3 Å². The van der Waals surface area contributed by atoms with Gasteiger partial charge in [0.15, 0.2) is 0 Å². The molecule has 2 rings (SSSR count). The lowest BCUT2D eigenvalue weighted by molar-refractivity contribution is 0.0126. The minimum Gasteiger partial charge on any atom is -0.379 e. The fraction of sp³-hybridized carbons (Fsp3) is 0.364. The molecule has 92 valence electrons. The molecule has 0 spiro atoms. The van der Waals surface area contributed by atoms with E-state index in [1.807, 2.05) is 5.01 Å². The van der Waals surface area contributed by atoms with Crippen molar-refractivity contribution in [3.05, 3.63) is 33.3 Å². The summed E-state index contributed by atoms with van der Waals surface area (Å²) in [5.74, 6) is -0.157. The van der Waals surface area contributed by atoms with Crippen molar-refractivity contribution in [3.63, 3.8) is 0 Å². The Morgan fingerprint density at radius 3 is 2.71 bits per heavy atom. The summed E-state index contributed by atoms with van der Waals surface area (Å²) in [5, 5.41) is 2.38. The number of amides is 1. The SMILES string of the molecule is O=C(NN1CCOCC1)c1cc(Cl)cc(Br)c1. The highest BCUT2D eigenvalue weighted by Gasteiger charge is 2.14.